The Balaban J connectivity index is 2.51. The summed E-state index contributed by atoms with van der Waals surface area (Å²) in [6.45, 7) is 9.60. The maximum atomic E-state index is 13.0. The Morgan fingerprint density at radius 2 is 1.90 bits per heavy atom. The van der Waals surface area contributed by atoms with Gasteiger partial charge in [0.1, 0.15) is 5.72 Å². The van der Waals surface area contributed by atoms with Crippen LogP contribution in [-0.2, 0) is 0 Å². The molecule has 0 unspecified atom stereocenters. The number of carbonyl (C=O) groups excluding carboxylic acids is 1. The quantitative estimate of drug-likeness (QED) is 0.901. The van der Waals surface area contributed by atoms with Crippen molar-refractivity contribution < 1.29 is 9.90 Å². The summed E-state index contributed by atoms with van der Waals surface area (Å²) in [6.07, 6.45) is 0.455. The molecule has 1 fully saturated rings. The summed E-state index contributed by atoms with van der Waals surface area (Å²) in [5, 5.41) is 11.4. The monoisotopic (exact) mass is 310 g/mol. The predicted molar refractivity (Wildman–Crippen MR) is 85.6 cm³/mol. The third-order valence-electron chi connectivity index (χ3n) is 3.88. The molecule has 1 aliphatic rings. The van der Waals surface area contributed by atoms with Gasteiger partial charge >= 0.3 is 6.03 Å². The second-order valence-electron chi connectivity index (χ2n) is 6.77. The van der Waals surface area contributed by atoms with Crippen molar-refractivity contribution in [2.24, 2.45) is 0 Å². The lowest BCUT2D eigenvalue weighted by molar-refractivity contribution is -0.0334. The lowest BCUT2D eigenvalue weighted by Crippen LogP contribution is -2.69. The van der Waals surface area contributed by atoms with Crippen LogP contribution in [0.5, 0.6) is 0 Å². The molecule has 0 radical (unpaired) electrons. The molecular formula is C16H23ClN2O2. The number of aliphatic hydroxyl groups is 1. The van der Waals surface area contributed by atoms with Gasteiger partial charge in [0.05, 0.1) is 0 Å². The third kappa shape index (κ3) is 2.87. The van der Waals surface area contributed by atoms with E-state index in [1.807, 2.05) is 32.6 Å². The fourth-order valence-electron chi connectivity index (χ4n) is 3.48. The van der Waals surface area contributed by atoms with Crippen LogP contribution in [0.15, 0.2) is 24.3 Å². The largest absolute Gasteiger partial charge is 0.371 e. The standard InChI is InChI=1S/C16H23ClN2O2/c1-11(2)18-14(20)19(13-8-6-7-12(17)9-13)16(5,21)10-15(18,3)4/h6-9,11,21H,10H2,1-5H3/t16-/m1/s1. The number of hydrogen-bond donors (Lipinski definition) is 1. The van der Waals surface area contributed by atoms with E-state index in [0.717, 1.165) is 0 Å². The summed E-state index contributed by atoms with van der Waals surface area (Å²) in [4.78, 5) is 16.2. The molecule has 2 rings (SSSR count). The molecule has 0 aromatic heterocycles. The second kappa shape index (κ2) is 5.18. The van der Waals surface area contributed by atoms with E-state index in [1.54, 1.807) is 31.2 Å². The van der Waals surface area contributed by atoms with Crippen LogP contribution in [0, 0.1) is 0 Å². The SMILES string of the molecule is CC(C)N1C(=O)N(c2cccc(Cl)c2)[C@](C)(O)CC1(C)C. The lowest BCUT2D eigenvalue weighted by atomic mass is 9.86. The molecule has 5 heteroatoms. The molecule has 1 aromatic rings. The fraction of sp³-hybridized carbons (Fsp3) is 0.562. The van der Waals surface area contributed by atoms with E-state index in [0.29, 0.717) is 17.1 Å². The van der Waals surface area contributed by atoms with Gasteiger partial charge in [-0.2, -0.15) is 0 Å². The molecule has 0 bridgehead atoms. The average molecular weight is 311 g/mol. The molecule has 1 heterocycles. The van der Waals surface area contributed by atoms with Gasteiger partial charge in [0.25, 0.3) is 0 Å². The van der Waals surface area contributed by atoms with E-state index in [-0.39, 0.29) is 12.1 Å². The number of hydrogen-bond acceptors (Lipinski definition) is 2. The van der Waals surface area contributed by atoms with Crippen molar-refractivity contribution in [3.63, 3.8) is 0 Å². The van der Waals surface area contributed by atoms with Gasteiger partial charge in [0, 0.05) is 28.7 Å². The van der Waals surface area contributed by atoms with E-state index >= 15 is 0 Å². The fourth-order valence-corrected chi connectivity index (χ4v) is 3.66. The normalized spacial score (nSPS) is 25.6. The molecular weight excluding hydrogens is 288 g/mol. The Bertz CT molecular complexity index is 555. The summed E-state index contributed by atoms with van der Waals surface area (Å²) >= 11 is 6.03. The lowest BCUT2D eigenvalue weighted by Gasteiger charge is -2.55. The van der Waals surface area contributed by atoms with Crippen LogP contribution in [0.3, 0.4) is 0 Å². The van der Waals surface area contributed by atoms with Gasteiger partial charge in [-0.1, -0.05) is 17.7 Å². The highest BCUT2D eigenvalue weighted by atomic mass is 35.5. The van der Waals surface area contributed by atoms with Crippen LogP contribution in [-0.4, -0.2) is 33.3 Å². The van der Waals surface area contributed by atoms with Crippen LogP contribution in [0.2, 0.25) is 5.02 Å². The van der Waals surface area contributed by atoms with Crippen molar-refractivity contribution in [1.29, 1.82) is 0 Å². The molecule has 1 saturated heterocycles. The molecule has 1 aromatic carbocycles. The highest BCUT2D eigenvalue weighted by Gasteiger charge is 2.51. The Hall–Kier alpha value is -1.26. The topological polar surface area (TPSA) is 43.8 Å². The molecule has 1 N–H and O–H groups in total. The molecule has 21 heavy (non-hydrogen) atoms. The van der Waals surface area contributed by atoms with Crippen LogP contribution in [0.1, 0.15) is 41.0 Å². The van der Waals surface area contributed by atoms with E-state index in [9.17, 15) is 9.90 Å². The highest BCUT2D eigenvalue weighted by molar-refractivity contribution is 6.30. The van der Waals surface area contributed by atoms with Crippen LogP contribution in [0.4, 0.5) is 10.5 Å². The summed E-state index contributed by atoms with van der Waals surface area (Å²) in [6, 6.07) is 6.86. The van der Waals surface area contributed by atoms with Crippen LogP contribution in [0.25, 0.3) is 0 Å². The minimum atomic E-state index is -1.25. The maximum Gasteiger partial charge on any atom is 0.327 e. The first-order valence-electron chi connectivity index (χ1n) is 7.18. The summed E-state index contributed by atoms with van der Waals surface area (Å²) in [7, 11) is 0. The van der Waals surface area contributed by atoms with Gasteiger partial charge in [-0.15, -0.1) is 0 Å². The molecule has 1 atom stereocenters. The number of carbonyl (C=O) groups is 1. The highest BCUT2D eigenvalue weighted by Crippen LogP contribution is 2.40. The molecule has 2 amide bonds. The van der Waals surface area contributed by atoms with Crippen molar-refractivity contribution in [3.8, 4) is 0 Å². The Labute approximate surface area is 131 Å². The van der Waals surface area contributed by atoms with Gasteiger partial charge in [0.15, 0.2) is 0 Å². The van der Waals surface area contributed by atoms with Crippen molar-refractivity contribution in [2.45, 2.75) is 58.3 Å². The Morgan fingerprint density at radius 1 is 1.29 bits per heavy atom. The third-order valence-corrected chi connectivity index (χ3v) is 4.12. The number of benzene rings is 1. The van der Waals surface area contributed by atoms with E-state index in [1.165, 1.54) is 4.90 Å². The molecule has 1 aliphatic heterocycles. The minimum Gasteiger partial charge on any atom is -0.371 e. The zero-order valence-electron chi connectivity index (χ0n) is 13.2. The van der Waals surface area contributed by atoms with Gasteiger partial charge in [0.2, 0.25) is 0 Å². The summed E-state index contributed by atoms with van der Waals surface area (Å²) in [5.74, 6) is 0. The van der Waals surface area contributed by atoms with Gasteiger partial charge in [-0.25, -0.2) is 4.79 Å². The summed E-state index contributed by atoms with van der Waals surface area (Å²) in [5.41, 5.74) is -1.06. The van der Waals surface area contributed by atoms with Crippen molar-refractivity contribution >= 4 is 23.3 Å². The number of anilines is 1. The minimum absolute atomic E-state index is 0.0466. The van der Waals surface area contributed by atoms with E-state index in [2.05, 4.69) is 0 Å². The smallest absolute Gasteiger partial charge is 0.327 e. The first kappa shape index (κ1) is 16.1. The van der Waals surface area contributed by atoms with Gasteiger partial charge in [-0.05, 0) is 52.8 Å². The number of halogens is 1. The van der Waals surface area contributed by atoms with E-state index in [4.69, 9.17) is 11.6 Å². The van der Waals surface area contributed by atoms with Crippen molar-refractivity contribution in [2.75, 3.05) is 4.90 Å². The molecule has 0 aliphatic carbocycles. The number of rotatable bonds is 2. The molecule has 0 saturated carbocycles. The average Bonchev–Trinajstić information content (AvgIpc) is 2.24. The predicted octanol–water partition coefficient (Wildman–Crippen LogP) is 3.87. The number of nitrogens with zero attached hydrogens (tertiary/aromatic N) is 2. The van der Waals surface area contributed by atoms with Crippen LogP contribution >= 0.6 is 11.6 Å². The van der Waals surface area contributed by atoms with Crippen LogP contribution < -0.4 is 4.90 Å². The summed E-state index contributed by atoms with van der Waals surface area (Å²) < 4.78 is 0. The zero-order chi connectivity index (χ0) is 16.0. The second-order valence-corrected chi connectivity index (χ2v) is 7.20. The Kier molecular flexibility index (Phi) is 3.98. The molecule has 0 spiro atoms. The zero-order valence-corrected chi connectivity index (χ0v) is 14.0. The number of amides is 2. The molecule has 116 valence electrons. The number of urea groups is 1. The van der Waals surface area contributed by atoms with Crippen molar-refractivity contribution in [1.82, 2.24) is 4.90 Å². The molecule has 4 nitrogen and oxygen atoms in total. The first-order valence-corrected chi connectivity index (χ1v) is 7.55. The maximum absolute atomic E-state index is 13.0. The first-order chi connectivity index (χ1) is 9.56. The Morgan fingerprint density at radius 3 is 2.43 bits per heavy atom. The van der Waals surface area contributed by atoms with Gasteiger partial charge in [-0.3, -0.25) is 4.90 Å². The van der Waals surface area contributed by atoms with Crippen molar-refractivity contribution in [3.05, 3.63) is 29.3 Å². The van der Waals surface area contributed by atoms with Gasteiger partial charge < -0.3 is 10.0 Å². The van der Waals surface area contributed by atoms with E-state index < -0.39 is 11.3 Å².